The van der Waals surface area contributed by atoms with Crippen LogP contribution in [-0.2, 0) is 16.4 Å². The summed E-state index contributed by atoms with van der Waals surface area (Å²) in [7, 11) is -4.40. The number of rotatable bonds is 5. The maximum atomic E-state index is 13.6. The van der Waals surface area contributed by atoms with Crippen LogP contribution in [0.5, 0.6) is 0 Å². The van der Waals surface area contributed by atoms with E-state index in [4.69, 9.17) is 0 Å². The van der Waals surface area contributed by atoms with Gasteiger partial charge in [-0.1, -0.05) is 26.0 Å². The molecule has 0 heterocycles. The third-order valence-corrected chi connectivity index (χ3v) is 4.59. The van der Waals surface area contributed by atoms with Gasteiger partial charge in [-0.05, 0) is 30.0 Å². The summed E-state index contributed by atoms with van der Waals surface area (Å²) in [6.45, 7) is 3.99. The fourth-order valence-corrected chi connectivity index (χ4v) is 3.19. The van der Waals surface area contributed by atoms with Gasteiger partial charge in [0.2, 0.25) is 0 Å². The highest BCUT2D eigenvalue weighted by Crippen LogP contribution is 2.26. The summed E-state index contributed by atoms with van der Waals surface area (Å²) in [5.41, 5.74) is -0.503. The standard InChI is InChI=1S/C16H15F4NO2S/c1-9(2)7-10-3-5-11(6-4-10)24(22,23)21-16-14(19)12(17)8-13(18)15(16)20/h3-6,8-9,21H,7H2,1-2H3. The van der Waals surface area contributed by atoms with E-state index in [1.807, 2.05) is 13.8 Å². The highest BCUT2D eigenvalue weighted by molar-refractivity contribution is 7.92. The van der Waals surface area contributed by atoms with Gasteiger partial charge in [0.1, 0.15) is 5.69 Å². The molecule has 130 valence electrons. The minimum atomic E-state index is -4.40. The molecule has 0 radical (unpaired) electrons. The van der Waals surface area contributed by atoms with E-state index in [1.54, 1.807) is 16.9 Å². The molecule has 3 nitrogen and oxygen atoms in total. The zero-order valence-corrected chi connectivity index (χ0v) is 13.7. The quantitative estimate of drug-likeness (QED) is 0.639. The molecule has 0 saturated carbocycles. The number of benzene rings is 2. The normalized spacial score (nSPS) is 11.8. The lowest BCUT2D eigenvalue weighted by molar-refractivity contribution is 0.459. The Morgan fingerprint density at radius 2 is 1.46 bits per heavy atom. The molecule has 0 fully saturated rings. The first-order valence-corrected chi connectivity index (χ1v) is 8.55. The maximum Gasteiger partial charge on any atom is 0.262 e. The van der Waals surface area contributed by atoms with E-state index in [1.165, 1.54) is 12.1 Å². The minimum absolute atomic E-state index is 0.00315. The Balaban J connectivity index is 2.36. The molecule has 0 amide bonds. The van der Waals surface area contributed by atoms with Gasteiger partial charge in [-0.25, -0.2) is 26.0 Å². The van der Waals surface area contributed by atoms with Crippen LogP contribution in [0.1, 0.15) is 19.4 Å². The molecule has 0 aliphatic carbocycles. The van der Waals surface area contributed by atoms with Crippen LogP contribution in [0.4, 0.5) is 23.2 Å². The van der Waals surface area contributed by atoms with Crippen LogP contribution >= 0.6 is 0 Å². The van der Waals surface area contributed by atoms with Crippen LogP contribution < -0.4 is 4.72 Å². The molecule has 0 aliphatic heterocycles. The van der Waals surface area contributed by atoms with Crippen molar-refractivity contribution >= 4 is 15.7 Å². The highest BCUT2D eigenvalue weighted by atomic mass is 32.2. The van der Waals surface area contributed by atoms with Crippen molar-refractivity contribution in [1.29, 1.82) is 0 Å². The smallest absolute Gasteiger partial charge is 0.262 e. The SMILES string of the molecule is CC(C)Cc1ccc(S(=O)(=O)Nc2c(F)c(F)cc(F)c2F)cc1. The van der Waals surface area contributed by atoms with E-state index >= 15 is 0 Å². The third kappa shape index (κ3) is 3.87. The molecule has 0 aromatic heterocycles. The number of halogens is 4. The summed E-state index contributed by atoms with van der Waals surface area (Å²) in [6, 6.07) is 5.64. The molecule has 0 atom stereocenters. The van der Waals surface area contributed by atoms with Crippen molar-refractivity contribution < 1.29 is 26.0 Å². The van der Waals surface area contributed by atoms with Gasteiger partial charge in [-0.2, -0.15) is 0 Å². The van der Waals surface area contributed by atoms with Crippen LogP contribution in [-0.4, -0.2) is 8.42 Å². The zero-order valence-electron chi connectivity index (χ0n) is 12.9. The molecule has 0 saturated heterocycles. The summed E-state index contributed by atoms with van der Waals surface area (Å²) in [5.74, 6) is -6.65. The average molecular weight is 361 g/mol. The maximum absolute atomic E-state index is 13.6. The molecule has 2 aromatic carbocycles. The number of hydrogen-bond donors (Lipinski definition) is 1. The van der Waals surface area contributed by atoms with E-state index in [9.17, 15) is 26.0 Å². The summed E-state index contributed by atoms with van der Waals surface area (Å²) in [6.07, 6.45) is 0.728. The van der Waals surface area contributed by atoms with Gasteiger partial charge in [-0.15, -0.1) is 0 Å². The fourth-order valence-electron chi connectivity index (χ4n) is 2.13. The largest absolute Gasteiger partial charge is 0.274 e. The van der Waals surface area contributed by atoms with Gasteiger partial charge in [0.15, 0.2) is 23.3 Å². The molecule has 0 aliphatic rings. The van der Waals surface area contributed by atoms with Crippen molar-refractivity contribution in [2.45, 2.75) is 25.2 Å². The van der Waals surface area contributed by atoms with Crippen molar-refractivity contribution in [3.05, 3.63) is 59.2 Å². The third-order valence-electron chi connectivity index (χ3n) is 3.23. The molecule has 8 heteroatoms. The average Bonchev–Trinajstić information content (AvgIpc) is 2.49. The topological polar surface area (TPSA) is 46.2 Å². The van der Waals surface area contributed by atoms with E-state index in [0.717, 1.165) is 12.0 Å². The Bertz CT molecular complexity index is 823. The monoisotopic (exact) mass is 361 g/mol. The van der Waals surface area contributed by atoms with Gasteiger partial charge in [0, 0.05) is 6.07 Å². The molecule has 0 unspecified atom stereocenters. The van der Waals surface area contributed by atoms with Crippen LogP contribution in [0.3, 0.4) is 0 Å². The minimum Gasteiger partial charge on any atom is -0.274 e. The Labute approximate surface area is 137 Å². The van der Waals surface area contributed by atoms with Crippen molar-refractivity contribution in [3.8, 4) is 0 Å². The molecular formula is C16H15F4NO2S. The van der Waals surface area contributed by atoms with Crippen molar-refractivity contribution in [1.82, 2.24) is 0 Å². The first kappa shape index (κ1) is 18.3. The summed E-state index contributed by atoms with van der Waals surface area (Å²) < 4.78 is 79.4. The van der Waals surface area contributed by atoms with Crippen molar-refractivity contribution in [2.24, 2.45) is 5.92 Å². The highest BCUT2D eigenvalue weighted by Gasteiger charge is 2.24. The number of nitrogens with one attached hydrogen (secondary N) is 1. The number of sulfonamides is 1. The van der Waals surface area contributed by atoms with Gasteiger partial charge in [0.25, 0.3) is 10.0 Å². The lowest BCUT2D eigenvalue weighted by atomic mass is 10.0. The second kappa shape index (κ2) is 6.80. The molecule has 2 aromatic rings. The van der Waals surface area contributed by atoms with Gasteiger partial charge in [-0.3, -0.25) is 4.72 Å². The van der Waals surface area contributed by atoms with Crippen LogP contribution in [0.25, 0.3) is 0 Å². The first-order valence-electron chi connectivity index (χ1n) is 7.06. The second-order valence-electron chi connectivity index (χ2n) is 5.69. The van der Waals surface area contributed by atoms with Crippen molar-refractivity contribution in [3.63, 3.8) is 0 Å². The van der Waals surface area contributed by atoms with E-state index in [2.05, 4.69) is 0 Å². The number of anilines is 1. The molecule has 2 rings (SSSR count). The van der Waals surface area contributed by atoms with E-state index < -0.39 is 39.0 Å². The lowest BCUT2D eigenvalue weighted by Gasteiger charge is -2.11. The Kier molecular flexibility index (Phi) is 5.17. The summed E-state index contributed by atoms with van der Waals surface area (Å²) in [4.78, 5) is -0.279. The van der Waals surface area contributed by atoms with Gasteiger partial charge >= 0.3 is 0 Å². The summed E-state index contributed by atoms with van der Waals surface area (Å²) in [5, 5.41) is 0. The molecular weight excluding hydrogens is 346 g/mol. The summed E-state index contributed by atoms with van der Waals surface area (Å²) >= 11 is 0. The fraction of sp³-hybridized carbons (Fsp3) is 0.250. The zero-order chi connectivity index (χ0) is 18.1. The molecule has 24 heavy (non-hydrogen) atoms. The molecule has 0 spiro atoms. The van der Waals surface area contributed by atoms with Crippen LogP contribution in [0.2, 0.25) is 0 Å². The van der Waals surface area contributed by atoms with E-state index in [-0.39, 0.29) is 11.0 Å². The Morgan fingerprint density at radius 1 is 0.958 bits per heavy atom. The molecule has 0 bridgehead atoms. The van der Waals surface area contributed by atoms with Gasteiger partial charge < -0.3 is 0 Å². The van der Waals surface area contributed by atoms with Gasteiger partial charge in [0.05, 0.1) is 4.90 Å². The Morgan fingerprint density at radius 3 is 1.92 bits per heavy atom. The lowest BCUT2D eigenvalue weighted by Crippen LogP contribution is -2.16. The first-order chi connectivity index (χ1) is 11.1. The van der Waals surface area contributed by atoms with Crippen LogP contribution in [0, 0.1) is 29.2 Å². The second-order valence-corrected chi connectivity index (χ2v) is 7.37. The predicted octanol–water partition coefficient (Wildman–Crippen LogP) is 4.24. The number of hydrogen-bond acceptors (Lipinski definition) is 2. The predicted molar refractivity (Wildman–Crippen MR) is 82.1 cm³/mol. The Hall–Kier alpha value is -2.09. The van der Waals surface area contributed by atoms with Crippen LogP contribution in [0.15, 0.2) is 35.2 Å². The van der Waals surface area contributed by atoms with E-state index in [0.29, 0.717) is 5.92 Å². The molecule has 1 N–H and O–H groups in total. The van der Waals surface area contributed by atoms with Crippen molar-refractivity contribution in [2.75, 3.05) is 4.72 Å².